The van der Waals surface area contributed by atoms with E-state index < -0.39 is 10.5 Å². The van der Waals surface area contributed by atoms with E-state index in [1.54, 1.807) is 12.3 Å². The summed E-state index contributed by atoms with van der Waals surface area (Å²) in [6.45, 7) is 7.48. The lowest BCUT2D eigenvalue weighted by Gasteiger charge is -2.46. The summed E-state index contributed by atoms with van der Waals surface area (Å²) in [5.41, 5.74) is 0.816. The van der Waals surface area contributed by atoms with E-state index in [-0.39, 0.29) is 18.0 Å². The standard InChI is InChI=1S/C20H30N4O4/c1-19(2,3)28-18(25)22-15-6-8-20(9-7-15)10-12-23(13-11-20)16-4-5-17(21-14-16)24(26)27/h4-5,14-15H,6-13H2,1-3H3,(H,22,25). The first-order valence-corrected chi connectivity index (χ1v) is 10.0. The van der Waals surface area contributed by atoms with E-state index in [9.17, 15) is 14.9 Å². The molecule has 1 amide bonds. The van der Waals surface area contributed by atoms with Gasteiger partial charge in [-0.15, -0.1) is 0 Å². The molecule has 3 rings (SSSR count). The number of alkyl carbamates (subject to hydrolysis) is 1. The maximum absolute atomic E-state index is 12.0. The minimum absolute atomic E-state index is 0.118. The number of piperidine rings is 1. The van der Waals surface area contributed by atoms with Gasteiger partial charge in [0, 0.05) is 25.2 Å². The van der Waals surface area contributed by atoms with Gasteiger partial charge >= 0.3 is 11.9 Å². The summed E-state index contributed by atoms with van der Waals surface area (Å²) in [6, 6.07) is 3.44. The Balaban J connectivity index is 1.47. The number of carbonyl (C=O) groups excluding carboxylic acids is 1. The fourth-order valence-electron chi connectivity index (χ4n) is 4.26. The van der Waals surface area contributed by atoms with Crippen molar-refractivity contribution in [2.75, 3.05) is 18.0 Å². The van der Waals surface area contributed by atoms with E-state index in [4.69, 9.17) is 4.74 Å². The van der Waals surface area contributed by atoms with Crippen molar-refractivity contribution in [2.24, 2.45) is 5.41 Å². The first-order chi connectivity index (χ1) is 13.2. The Morgan fingerprint density at radius 2 is 1.89 bits per heavy atom. The van der Waals surface area contributed by atoms with Gasteiger partial charge in [0.05, 0.1) is 5.69 Å². The average molecular weight is 390 g/mol. The van der Waals surface area contributed by atoms with Gasteiger partial charge in [-0.1, -0.05) is 0 Å². The Labute approximate surface area is 165 Å². The molecule has 1 aliphatic heterocycles. The molecular weight excluding hydrogens is 360 g/mol. The van der Waals surface area contributed by atoms with Crippen molar-refractivity contribution in [2.45, 2.75) is 70.9 Å². The van der Waals surface area contributed by atoms with Crippen molar-refractivity contribution in [3.05, 3.63) is 28.4 Å². The van der Waals surface area contributed by atoms with E-state index in [1.807, 2.05) is 20.8 Å². The summed E-state index contributed by atoms with van der Waals surface area (Å²) in [4.78, 5) is 28.4. The van der Waals surface area contributed by atoms with Crippen LogP contribution < -0.4 is 10.2 Å². The summed E-state index contributed by atoms with van der Waals surface area (Å²) in [5, 5.41) is 13.8. The van der Waals surface area contributed by atoms with Crippen molar-refractivity contribution < 1.29 is 14.5 Å². The number of carbonyl (C=O) groups is 1. The van der Waals surface area contributed by atoms with Crippen LogP contribution in [0.15, 0.2) is 18.3 Å². The van der Waals surface area contributed by atoms with Crippen LogP contribution in [0.1, 0.15) is 59.3 Å². The first-order valence-electron chi connectivity index (χ1n) is 10.0. The van der Waals surface area contributed by atoms with Gasteiger partial charge in [0.25, 0.3) is 0 Å². The third-order valence-electron chi connectivity index (χ3n) is 5.88. The van der Waals surface area contributed by atoms with Gasteiger partial charge in [-0.05, 0) is 80.7 Å². The minimum Gasteiger partial charge on any atom is -0.444 e. The van der Waals surface area contributed by atoms with Crippen LogP contribution >= 0.6 is 0 Å². The van der Waals surface area contributed by atoms with Crippen molar-refractivity contribution in [1.82, 2.24) is 10.3 Å². The largest absolute Gasteiger partial charge is 0.444 e. The monoisotopic (exact) mass is 390 g/mol. The van der Waals surface area contributed by atoms with Crippen LogP contribution in [0.3, 0.4) is 0 Å². The molecule has 1 spiro atoms. The second kappa shape index (κ2) is 7.93. The zero-order valence-corrected chi connectivity index (χ0v) is 16.9. The zero-order chi connectivity index (χ0) is 20.4. The Bertz CT molecular complexity index is 696. The molecule has 1 aliphatic carbocycles. The van der Waals surface area contributed by atoms with Crippen molar-refractivity contribution in [3.63, 3.8) is 0 Å². The molecule has 0 atom stereocenters. The number of nitrogens with one attached hydrogen (secondary N) is 1. The molecule has 28 heavy (non-hydrogen) atoms. The molecule has 8 nitrogen and oxygen atoms in total. The molecule has 154 valence electrons. The van der Waals surface area contributed by atoms with Crippen LogP contribution in [0.2, 0.25) is 0 Å². The summed E-state index contributed by atoms with van der Waals surface area (Å²) in [7, 11) is 0. The van der Waals surface area contributed by atoms with E-state index in [0.29, 0.717) is 5.41 Å². The molecular formula is C20H30N4O4. The lowest BCUT2D eigenvalue weighted by atomic mass is 9.67. The van der Waals surface area contributed by atoms with Gasteiger partial charge in [-0.25, -0.2) is 4.79 Å². The number of nitro groups is 1. The Morgan fingerprint density at radius 1 is 1.25 bits per heavy atom. The van der Waals surface area contributed by atoms with Crippen LogP contribution in [0, 0.1) is 15.5 Å². The van der Waals surface area contributed by atoms with Crippen molar-refractivity contribution >= 4 is 17.6 Å². The molecule has 2 aliphatic rings. The molecule has 1 saturated heterocycles. The number of rotatable bonds is 3. The molecule has 0 bridgehead atoms. The maximum Gasteiger partial charge on any atom is 0.407 e. The number of anilines is 1. The third-order valence-corrected chi connectivity index (χ3v) is 5.88. The lowest BCUT2D eigenvalue weighted by Crippen LogP contribution is -2.46. The quantitative estimate of drug-likeness (QED) is 0.618. The van der Waals surface area contributed by atoms with E-state index >= 15 is 0 Å². The molecule has 0 unspecified atom stereocenters. The molecule has 0 aromatic carbocycles. The van der Waals surface area contributed by atoms with Gasteiger partial charge in [0.1, 0.15) is 5.60 Å². The highest BCUT2D eigenvalue weighted by molar-refractivity contribution is 5.68. The number of ether oxygens (including phenoxy) is 1. The van der Waals surface area contributed by atoms with Gasteiger partial charge in [0.2, 0.25) is 0 Å². The number of pyridine rings is 1. The normalized spacial score (nSPS) is 20.0. The second-order valence-corrected chi connectivity index (χ2v) is 9.04. The van der Waals surface area contributed by atoms with E-state index in [2.05, 4.69) is 15.2 Å². The first kappa shape index (κ1) is 20.4. The molecule has 1 N–H and O–H groups in total. The van der Waals surface area contributed by atoms with Gasteiger partial charge in [-0.3, -0.25) is 0 Å². The number of hydrogen-bond acceptors (Lipinski definition) is 6. The second-order valence-electron chi connectivity index (χ2n) is 9.04. The molecule has 2 heterocycles. The SMILES string of the molecule is CC(C)(C)OC(=O)NC1CCC2(CC1)CCN(c1ccc([N+](=O)[O-])nc1)CC2. The fraction of sp³-hybridized carbons (Fsp3) is 0.700. The van der Waals surface area contributed by atoms with Gasteiger partial charge in [0.15, 0.2) is 6.20 Å². The molecule has 1 saturated carbocycles. The number of amides is 1. The van der Waals surface area contributed by atoms with Crippen LogP contribution in [-0.4, -0.2) is 40.7 Å². The van der Waals surface area contributed by atoms with Crippen LogP contribution in [0.4, 0.5) is 16.3 Å². The average Bonchev–Trinajstić information content (AvgIpc) is 2.63. The molecule has 0 radical (unpaired) electrons. The Morgan fingerprint density at radius 3 is 2.39 bits per heavy atom. The highest BCUT2D eigenvalue weighted by atomic mass is 16.6. The van der Waals surface area contributed by atoms with Crippen molar-refractivity contribution in [1.29, 1.82) is 0 Å². The predicted molar refractivity (Wildman–Crippen MR) is 106 cm³/mol. The minimum atomic E-state index is -0.473. The Kier molecular flexibility index (Phi) is 5.76. The van der Waals surface area contributed by atoms with Crippen LogP contribution in [0.25, 0.3) is 0 Å². The van der Waals surface area contributed by atoms with Gasteiger partial charge < -0.3 is 25.1 Å². The number of hydrogen-bond donors (Lipinski definition) is 1. The summed E-state index contributed by atoms with van der Waals surface area (Å²) >= 11 is 0. The zero-order valence-electron chi connectivity index (χ0n) is 16.9. The molecule has 1 aromatic heterocycles. The smallest absolute Gasteiger partial charge is 0.407 e. The number of aromatic nitrogens is 1. The number of nitrogens with zero attached hydrogens (tertiary/aromatic N) is 3. The maximum atomic E-state index is 12.0. The predicted octanol–water partition coefficient (Wildman–Crippen LogP) is 4.04. The fourth-order valence-corrected chi connectivity index (χ4v) is 4.26. The molecule has 2 fully saturated rings. The summed E-state index contributed by atoms with van der Waals surface area (Å²) in [6.07, 6.45) is 7.66. The third kappa shape index (κ3) is 5.11. The van der Waals surface area contributed by atoms with Crippen LogP contribution in [-0.2, 0) is 4.74 Å². The molecule has 8 heteroatoms. The summed E-state index contributed by atoms with van der Waals surface area (Å²) < 4.78 is 5.36. The lowest BCUT2D eigenvalue weighted by molar-refractivity contribution is -0.389. The Hall–Kier alpha value is -2.38. The topological polar surface area (TPSA) is 97.6 Å². The van der Waals surface area contributed by atoms with Crippen LogP contribution in [0.5, 0.6) is 0 Å². The van der Waals surface area contributed by atoms with Crippen molar-refractivity contribution in [3.8, 4) is 0 Å². The summed E-state index contributed by atoms with van der Waals surface area (Å²) in [5.74, 6) is -0.118. The van der Waals surface area contributed by atoms with E-state index in [0.717, 1.165) is 57.3 Å². The van der Waals surface area contributed by atoms with E-state index in [1.165, 1.54) is 6.07 Å². The highest BCUT2D eigenvalue weighted by Crippen LogP contribution is 2.45. The molecule has 1 aromatic rings. The van der Waals surface area contributed by atoms with Gasteiger partial charge in [-0.2, -0.15) is 0 Å². The highest BCUT2D eigenvalue weighted by Gasteiger charge is 2.38.